The highest BCUT2D eigenvalue weighted by Crippen LogP contribution is 2.41. The molecule has 2 heterocycles. The Morgan fingerprint density at radius 2 is 1.88 bits per heavy atom. The van der Waals surface area contributed by atoms with E-state index >= 15 is 0 Å². The summed E-state index contributed by atoms with van der Waals surface area (Å²) in [5.74, 6) is -1.08. The van der Waals surface area contributed by atoms with Crippen molar-refractivity contribution in [2.75, 3.05) is 0 Å². The Balaban J connectivity index is 2.05. The number of alkyl halides is 3. The fraction of sp³-hybridized carbons (Fsp3) is 0.188. The van der Waals surface area contributed by atoms with Crippen LogP contribution < -0.4 is 0 Å². The molecule has 8 heteroatoms. The Bertz CT molecular complexity index is 778. The van der Waals surface area contributed by atoms with Crippen LogP contribution in [0.2, 0.25) is 0 Å². The molecule has 1 aromatic carbocycles. The number of pyridine rings is 1. The summed E-state index contributed by atoms with van der Waals surface area (Å²) in [6.07, 6.45) is -3.40. The van der Waals surface area contributed by atoms with Gasteiger partial charge >= 0.3 is 6.18 Å². The standard InChI is InChI=1S/C16H12F3N3O2/c17-16(18,19)15(24)9-13(11-5-2-1-3-6-11)21-22(15)14(23)12-7-4-8-20-10-12/h1-8,10,24H,9H2/t15-/m1/s1. The van der Waals surface area contributed by atoms with E-state index in [0.717, 1.165) is 6.20 Å². The van der Waals surface area contributed by atoms with Crippen LogP contribution in [0.25, 0.3) is 0 Å². The zero-order valence-corrected chi connectivity index (χ0v) is 12.2. The molecule has 5 nitrogen and oxygen atoms in total. The molecule has 1 N–H and O–H groups in total. The highest BCUT2D eigenvalue weighted by molar-refractivity contribution is 6.05. The van der Waals surface area contributed by atoms with E-state index in [9.17, 15) is 23.1 Å². The maximum absolute atomic E-state index is 13.4. The van der Waals surface area contributed by atoms with Crippen LogP contribution in [0.3, 0.4) is 0 Å². The minimum absolute atomic E-state index is 0.0207. The van der Waals surface area contributed by atoms with E-state index in [4.69, 9.17) is 0 Å². The van der Waals surface area contributed by atoms with Crippen LogP contribution in [0, 0.1) is 0 Å². The number of nitrogens with zero attached hydrogens (tertiary/aromatic N) is 3. The Kier molecular flexibility index (Phi) is 3.84. The van der Waals surface area contributed by atoms with Crippen LogP contribution in [-0.2, 0) is 0 Å². The second-order valence-electron chi connectivity index (χ2n) is 5.26. The number of aliphatic hydroxyl groups is 1. The van der Waals surface area contributed by atoms with E-state index < -0.39 is 24.2 Å². The van der Waals surface area contributed by atoms with Crippen LogP contribution in [0.5, 0.6) is 0 Å². The van der Waals surface area contributed by atoms with E-state index in [1.807, 2.05) is 0 Å². The van der Waals surface area contributed by atoms with E-state index in [1.54, 1.807) is 30.3 Å². The number of hydrazone groups is 1. The van der Waals surface area contributed by atoms with Crippen LogP contribution in [-0.4, -0.2) is 38.6 Å². The highest BCUT2D eigenvalue weighted by atomic mass is 19.4. The van der Waals surface area contributed by atoms with Gasteiger partial charge in [0.1, 0.15) is 0 Å². The predicted octanol–water partition coefficient (Wildman–Crippen LogP) is 2.58. The van der Waals surface area contributed by atoms with Crippen molar-refractivity contribution in [2.24, 2.45) is 5.10 Å². The summed E-state index contributed by atoms with van der Waals surface area (Å²) < 4.78 is 40.3. The van der Waals surface area contributed by atoms with E-state index in [1.165, 1.54) is 18.3 Å². The number of amides is 1. The molecule has 0 fully saturated rings. The van der Waals surface area contributed by atoms with Crippen LogP contribution >= 0.6 is 0 Å². The van der Waals surface area contributed by atoms with Crippen molar-refractivity contribution in [3.8, 4) is 0 Å². The van der Waals surface area contributed by atoms with Crippen LogP contribution in [0.1, 0.15) is 22.3 Å². The number of aromatic nitrogens is 1. The van der Waals surface area contributed by atoms with Gasteiger partial charge in [0, 0.05) is 12.4 Å². The van der Waals surface area contributed by atoms with Gasteiger partial charge in [0.2, 0.25) is 0 Å². The summed E-state index contributed by atoms with van der Waals surface area (Å²) in [6, 6.07) is 10.8. The molecule has 3 rings (SSSR count). The number of carbonyl (C=O) groups excluding carboxylic acids is 1. The SMILES string of the molecule is O=C(c1cccnc1)N1N=C(c2ccccc2)C[C@@]1(O)C(F)(F)F. The maximum Gasteiger partial charge on any atom is 0.438 e. The lowest BCUT2D eigenvalue weighted by Crippen LogP contribution is -2.56. The van der Waals surface area contributed by atoms with Gasteiger partial charge in [0.15, 0.2) is 0 Å². The first-order valence-electron chi connectivity index (χ1n) is 6.99. The second-order valence-corrected chi connectivity index (χ2v) is 5.26. The molecular formula is C16H12F3N3O2. The lowest BCUT2D eigenvalue weighted by Gasteiger charge is -2.32. The van der Waals surface area contributed by atoms with Gasteiger partial charge < -0.3 is 5.11 Å². The molecule has 0 saturated heterocycles. The first-order valence-corrected chi connectivity index (χ1v) is 6.99. The van der Waals surface area contributed by atoms with Gasteiger partial charge in [0.25, 0.3) is 11.6 Å². The number of halogens is 3. The van der Waals surface area contributed by atoms with Crippen molar-refractivity contribution in [2.45, 2.75) is 18.3 Å². The molecule has 0 saturated carbocycles. The van der Waals surface area contributed by atoms with Crippen molar-refractivity contribution < 1.29 is 23.1 Å². The van der Waals surface area contributed by atoms with Gasteiger partial charge in [-0.05, 0) is 17.7 Å². The van der Waals surface area contributed by atoms with Gasteiger partial charge in [-0.1, -0.05) is 30.3 Å². The molecule has 1 amide bonds. The number of benzene rings is 1. The van der Waals surface area contributed by atoms with Crippen molar-refractivity contribution in [3.05, 3.63) is 66.0 Å². The molecule has 124 valence electrons. The minimum atomic E-state index is -5.06. The molecule has 0 radical (unpaired) electrons. The number of hydrogen-bond donors (Lipinski definition) is 1. The average molecular weight is 335 g/mol. The van der Waals surface area contributed by atoms with Crippen molar-refractivity contribution in [1.82, 2.24) is 9.99 Å². The summed E-state index contributed by atoms with van der Waals surface area (Å²) in [7, 11) is 0. The van der Waals surface area contributed by atoms with Gasteiger partial charge in [-0.25, -0.2) is 0 Å². The summed E-state index contributed by atoms with van der Waals surface area (Å²) in [4.78, 5) is 16.1. The summed E-state index contributed by atoms with van der Waals surface area (Å²) in [5.41, 5.74) is -3.11. The lowest BCUT2D eigenvalue weighted by molar-refractivity contribution is -0.297. The molecule has 0 aliphatic carbocycles. The molecule has 0 spiro atoms. The quantitative estimate of drug-likeness (QED) is 0.917. The molecule has 1 aliphatic rings. The topological polar surface area (TPSA) is 65.8 Å². The third-order valence-corrected chi connectivity index (χ3v) is 3.65. The zero-order valence-electron chi connectivity index (χ0n) is 12.2. The summed E-state index contributed by atoms with van der Waals surface area (Å²) in [6.45, 7) is 0. The largest absolute Gasteiger partial charge is 0.438 e. The maximum atomic E-state index is 13.4. The molecule has 2 aromatic rings. The molecule has 1 aliphatic heterocycles. The minimum Gasteiger partial charge on any atom is -0.362 e. The van der Waals surface area contributed by atoms with Gasteiger partial charge in [-0.2, -0.15) is 23.3 Å². The monoisotopic (exact) mass is 335 g/mol. The second kappa shape index (κ2) is 5.72. The Morgan fingerprint density at radius 1 is 1.17 bits per heavy atom. The van der Waals surface area contributed by atoms with Crippen LogP contribution in [0.4, 0.5) is 13.2 Å². The normalized spacial score (nSPS) is 20.8. The molecule has 0 bridgehead atoms. The average Bonchev–Trinajstić information content (AvgIpc) is 2.95. The molecular weight excluding hydrogens is 323 g/mol. The Labute approximate surface area is 135 Å². The predicted molar refractivity (Wildman–Crippen MR) is 79.0 cm³/mol. The third-order valence-electron chi connectivity index (χ3n) is 3.65. The van der Waals surface area contributed by atoms with Gasteiger partial charge in [-0.15, -0.1) is 0 Å². The zero-order chi connectivity index (χ0) is 17.4. The van der Waals surface area contributed by atoms with E-state index in [-0.39, 0.29) is 16.3 Å². The van der Waals surface area contributed by atoms with Crippen molar-refractivity contribution in [1.29, 1.82) is 0 Å². The van der Waals surface area contributed by atoms with Crippen LogP contribution in [0.15, 0.2) is 60.0 Å². The summed E-state index contributed by atoms with van der Waals surface area (Å²) >= 11 is 0. The molecule has 1 aromatic heterocycles. The lowest BCUT2D eigenvalue weighted by atomic mass is 10.0. The first kappa shape index (κ1) is 16.1. The Hall–Kier alpha value is -2.74. The fourth-order valence-corrected chi connectivity index (χ4v) is 2.38. The van der Waals surface area contributed by atoms with Gasteiger partial charge in [-0.3, -0.25) is 9.78 Å². The number of rotatable bonds is 2. The molecule has 24 heavy (non-hydrogen) atoms. The summed E-state index contributed by atoms with van der Waals surface area (Å²) in [5, 5.41) is 14.0. The molecule has 0 unspecified atom stereocenters. The van der Waals surface area contributed by atoms with Gasteiger partial charge in [0.05, 0.1) is 17.7 Å². The van der Waals surface area contributed by atoms with Crippen molar-refractivity contribution in [3.63, 3.8) is 0 Å². The fourth-order valence-electron chi connectivity index (χ4n) is 2.38. The number of carbonyl (C=O) groups is 1. The van der Waals surface area contributed by atoms with E-state index in [0.29, 0.717) is 5.56 Å². The number of hydrogen-bond acceptors (Lipinski definition) is 4. The first-order chi connectivity index (χ1) is 11.3. The van der Waals surface area contributed by atoms with E-state index in [2.05, 4.69) is 10.1 Å². The smallest absolute Gasteiger partial charge is 0.362 e. The highest BCUT2D eigenvalue weighted by Gasteiger charge is 2.63. The molecule has 1 atom stereocenters. The van der Waals surface area contributed by atoms with Crippen molar-refractivity contribution >= 4 is 11.6 Å². The third kappa shape index (κ3) is 2.65. The Morgan fingerprint density at radius 3 is 2.46 bits per heavy atom.